The highest BCUT2D eigenvalue weighted by Crippen LogP contribution is 2.28. The van der Waals surface area contributed by atoms with E-state index in [-0.39, 0.29) is 5.56 Å². The fraction of sp³-hybridized carbons (Fsp3) is 0.706. The largest absolute Gasteiger partial charge is 0.380 e. The Bertz CT molecular complexity index is 496. The van der Waals surface area contributed by atoms with Gasteiger partial charge in [0.1, 0.15) is 0 Å². The first kappa shape index (κ1) is 16.2. The maximum Gasteiger partial charge on any atom is 0.250 e. The summed E-state index contributed by atoms with van der Waals surface area (Å²) >= 11 is 0. The summed E-state index contributed by atoms with van der Waals surface area (Å²) in [4.78, 5) is 12.2. The molecule has 0 aromatic carbocycles. The third-order valence-electron chi connectivity index (χ3n) is 4.06. The maximum atomic E-state index is 12.2. The van der Waals surface area contributed by atoms with E-state index >= 15 is 0 Å². The summed E-state index contributed by atoms with van der Waals surface area (Å²) in [5.41, 5.74) is 2.62. The van der Waals surface area contributed by atoms with Gasteiger partial charge in [0.05, 0.1) is 6.61 Å². The van der Waals surface area contributed by atoms with Crippen molar-refractivity contribution in [3.05, 3.63) is 33.7 Å². The fourth-order valence-corrected chi connectivity index (χ4v) is 3.04. The van der Waals surface area contributed by atoms with E-state index in [4.69, 9.17) is 4.74 Å². The fourth-order valence-electron chi connectivity index (χ4n) is 3.04. The number of aromatic nitrogens is 1. The lowest BCUT2D eigenvalue weighted by Gasteiger charge is -2.28. The first-order chi connectivity index (χ1) is 10.3. The molecule has 0 amide bonds. The Labute approximate surface area is 127 Å². The third kappa shape index (κ3) is 4.17. The van der Waals surface area contributed by atoms with Crippen LogP contribution >= 0.6 is 0 Å². The SMILES string of the molecule is CCCNC1CCCc2c1ccc(=O)n2CCOCCC. The minimum atomic E-state index is 0.102. The van der Waals surface area contributed by atoms with Crippen LogP contribution in [0.15, 0.2) is 16.9 Å². The molecule has 1 aromatic heterocycles. The van der Waals surface area contributed by atoms with Crippen molar-refractivity contribution in [2.45, 2.75) is 58.5 Å². The minimum Gasteiger partial charge on any atom is -0.380 e. The van der Waals surface area contributed by atoms with Crippen LogP contribution in [0.1, 0.15) is 56.8 Å². The number of hydrogen-bond donors (Lipinski definition) is 1. The summed E-state index contributed by atoms with van der Waals surface area (Å²) in [5.74, 6) is 0. The zero-order valence-electron chi connectivity index (χ0n) is 13.4. The van der Waals surface area contributed by atoms with Gasteiger partial charge < -0.3 is 14.6 Å². The molecule has 1 aromatic rings. The number of pyridine rings is 1. The van der Waals surface area contributed by atoms with Gasteiger partial charge in [0.15, 0.2) is 0 Å². The van der Waals surface area contributed by atoms with Crippen LogP contribution in [0.25, 0.3) is 0 Å². The first-order valence-corrected chi connectivity index (χ1v) is 8.31. The average Bonchev–Trinajstić information content (AvgIpc) is 2.51. The van der Waals surface area contributed by atoms with Gasteiger partial charge in [0.2, 0.25) is 0 Å². The summed E-state index contributed by atoms with van der Waals surface area (Å²) in [6.07, 6.45) is 5.47. The Morgan fingerprint density at radius 1 is 1.29 bits per heavy atom. The van der Waals surface area contributed by atoms with Gasteiger partial charge in [-0.3, -0.25) is 4.79 Å². The zero-order chi connectivity index (χ0) is 15.1. The van der Waals surface area contributed by atoms with E-state index in [2.05, 4.69) is 19.2 Å². The molecule has 118 valence electrons. The summed E-state index contributed by atoms with van der Waals surface area (Å²) in [6.45, 7) is 7.37. The van der Waals surface area contributed by atoms with E-state index in [1.807, 2.05) is 10.6 Å². The van der Waals surface area contributed by atoms with Gasteiger partial charge >= 0.3 is 0 Å². The molecular formula is C17H28N2O2. The molecule has 1 aliphatic rings. The van der Waals surface area contributed by atoms with Crippen molar-refractivity contribution in [1.29, 1.82) is 0 Å². The molecule has 1 aliphatic carbocycles. The van der Waals surface area contributed by atoms with Crippen LogP contribution in [0, 0.1) is 0 Å². The van der Waals surface area contributed by atoms with Gasteiger partial charge in [0, 0.05) is 31.0 Å². The van der Waals surface area contributed by atoms with E-state index < -0.39 is 0 Å². The summed E-state index contributed by atoms with van der Waals surface area (Å²) in [5, 5.41) is 3.60. The molecule has 21 heavy (non-hydrogen) atoms. The second-order valence-corrected chi connectivity index (χ2v) is 5.74. The number of rotatable bonds is 8. The monoisotopic (exact) mass is 292 g/mol. The van der Waals surface area contributed by atoms with Crippen molar-refractivity contribution in [1.82, 2.24) is 9.88 Å². The van der Waals surface area contributed by atoms with Crippen LogP contribution in [0.2, 0.25) is 0 Å². The van der Waals surface area contributed by atoms with Crippen LogP contribution in [0.3, 0.4) is 0 Å². The van der Waals surface area contributed by atoms with Crippen molar-refractivity contribution >= 4 is 0 Å². The minimum absolute atomic E-state index is 0.102. The topological polar surface area (TPSA) is 43.3 Å². The molecule has 1 heterocycles. The Balaban J connectivity index is 2.15. The van der Waals surface area contributed by atoms with Crippen molar-refractivity contribution < 1.29 is 4.74 Å². The highest BCUT2D eigenvalue weighted by Gasteiger charge is 2.22. The van der Waals surface area contributed by atoms with Gasteiger partial charge in [-0.1, -0.05) is 19.9 Å². The molecular weight excluding hydrogens is 264 g/mol. The Kier molecular flexibility index (Phi) is 6.46. The standard InChI is InChI=1S/C17H28N2O2/c1-3-10-18-15-6-5-7-16-14(15)8-9-17(20)19(16)11-13-21-12-4-2/h8-9,15,18H,3-7,10-13H2,1-2H3. The number of ether oxygens (including phenoxy) is 1. The predicted molar refractivity (Wildman–Crippen MR) is 85.8 cm³/mol. The van der Waals surface area contributed by atoms with Gasteiger partial charge in [-0.15, -0.1) is 0 Å². The molecule has 0 aliphatic heterocycles. The van der Waals surface area contributed by atoms with Crippen LogP contribution in [0.4, 0.5) is 0 Å². The summed E-state index contributed by atoms with van der Waals surface area (Å²) in [6, 6.07) is 4.13. The molecule has 1 atom stereocenters. The number of nitrogens with zero attached hydrogens (tertiary/aromatic N) is 1. The van der Waals surface area contributed by atoms with E-state index in [0.29, 0.717) is 19.2 Å². The number of fused-ring (bicyclic) bond motifs is 1. The first-order valence-electron chi connectivity index (χ1n) is 8.31. The van der Waals surface area contributed by atoms with Crippen molar-refractivity contribution in [2.75, 3.05) is 19.8 Å². The number of hydrogen-bond acceptors (Lipinski definition) is 3. The molecule has 4 heteroatoms. The Morgan fingerprint density at radius 2 is 2.14 bits per heavy atom. The molecule has 1 unspecified atom stereocenters. The van der Waals surface area contributed by atoms with E-state index in [9.17, 15) is 4.79 Å². The molecule has 0 spiro atoms. The lowest BCUT2D eigenvalue weighted by molar-refractivity contribution is 0.125. The molecule has 2 rings (SSSR count). The Hall–Kier alpha value is -1.13. The smallest absolute Gasteiger partial charge is 0.250 e. The lowest BCUT2D eigenvalue weighted by atomic mass is 9.90. The van der Waals surface area contributed by atoms with Crippen molar-refractivity contribution in [3.63, 3.8) is 0 Å². The highest BCUT2D eigenvalue weighted by molar-refractivity contribution is 5.27. The maximum absolute atomic E-state index is 12.2. The van der Waals surface area contributed by atoms with E-state index in [1.165, 1.54) is 11.3 Å². The van der Waals surface area contributed by atoms with Gasteiger partial charge in [-0.25, -0.2) is 0 Å². The zero-order valence-corrected chi connectivity index (χ0v) is 13.4. The quantitative estimate of drug-likeness (QED) is 0.749. The number of nitrogens with one attached hydrogen (secondary N) is 1. The molecule has 4 nitrogen and oxygen atoms in total. The van der Waals surface area contributed by atoms with Gasteiger partial charge in [-0.05, 0) is 44.2 Å². The molecule has 0 radical (unpaired) electrons. The normalized spacial score (nSPS) is 17.7. The molecule has 0 saturated carbocycles. The second kappa shape index (κ2) is 8.35. The highest BCUT2D eigenvalue weighted by atomic mass is 16.5. The van der Waals surface area contributed by atoms with Crippen LogP contribution in [-0.4, -0.2) is 24.3 Å². The lowest BCUT2D eigenvalue weighted by Crippen LogP contribution is -2.32. The molecule has 0 saturated heterocycles. The molecule has 1 N–H and O–H groups in total. The third-order valence-corrected chi connectivity index (χ3v) is 4.06. The van der Waals surface area contributed by atoms with Crippen LogP contribution < -0.4 is 10.9 Å². The average molecular weight is 292 g/mol. The van der Waals surface area contributed by atoms with E-state index in [0.717, 1.165) is 45.3 Å². The second-order valence-electron chi connectivity index (χ2n) is 5.74. The van der Waals surface area contributed by atoms with Gasteiger partial charge in [-0.2, -0.15) is 0 Å². The van der Waals surface area contributed by atoms with Crippen LogP contribution in [0.5, 0.6) is 0 Å². The van der Waals surface area contributed by atoms with Gasteiger partial charge in [0.25, 0.3) is 5.56 Å². The molecule has 0 bridgehead atoms. The van der Waals surface area contributed by atoms with Crippen molar-refractivity contribution in [3.8, 4) is 0 Å². The van der Waals surface area contributed by atoms with Crippen LogP contribution in [-0.2, 0) is 17.7 Å². The van der Waals surface area contributed by atoms with Crippen molar-refractivity contribution in [2.24, 2.45) is 0 Å². The summed E-state index contributed by atoms with van der Waals surface area (Å²) < 4.78 is 7.47. The van der Waals surface area contributed by atoms with E-state index in [1.54, 1.807) is 6.07 Å². The molecule has 0 fully saturated rings. The Morgan fingerprint density at radius 3 is 2.90 bits per heavy atom. The summed E-state index contributed by atoms with van der Waals surface area (Å²) in [7, 11) is 0. The predicted octanol–water partition coefficient (Wildman–Crippen LogP) is 2.65.